The number of aliphatic hydroxyl groups is 1. The van der Waals surface area contributed by atoms with Crippen LogP contribution in [0.25, 0.3) is 0 Å². The van der Waals surface area contributed by atoms with E-state index < -0.39 is 10.5 Å². The molecule has 0 bridgehead atoms. The topological polar surface area (TPSA) is 104 Å². The molecule has 1 unspecified atom stereocenters. The average Bonchev–Trinajstić information content (AvgIpc) is 2.59. The molecule has 8 heteroatoms. The fourth-order valence-corrected chi connectivity index (χ4v) is 2.54. The first kappa shape index (κ1) is 15.4. The van der Waals surface area contributed by atoms with Gasteiger partial charge in [0.1, 0.15) is 6.33 Å². The molecule has 1 aliphatic heterocycles. The first-order chi connectivity index (χ1) is 9.94. The van der Waals surface area contributed by atoms with Crippen molar-refractivity contribution >= 4 is 17.3 Å². The predicted molar refractivity (Wildman–Crippen MR) is 79.5 cm³/mol. The maximum absolute atomic E-state index is 11.4. The Morgan fingerprint density at radius 2 is 2.24 bits per heavy atom. The third-order valence-electron chi connectivity index (χ3n) is 3.69. The molecule has 0 aliphatic carbocycles. The summed E-state index contributed by atoms with van der Waals surface area (Å²) in [4.78, 5) is 20.9. The van der Waals surface area contributed by atoms with Crippen LogP contribution in [0.4, 0.5) is 17.3 Å². The Hall–Kier alpha value is -1.96. The van der Waals surface area contributed by atoms with E-state index in [0.29, 0.717) is 38.3 Å². The van der Waals surface area contributed by atoms with Crippen molar-refractivity contribution < 1.29 is 10.0 Å². The average molecular weight is 295 g/mol. The summed E-state index contributed by atoms with van der Waals surface area (Å²) in [7, 11) is 0. The van der Waals surface area contributed by atoms with Gasteiger partial charge in [-0.1, -0.05) is 0 Å². The van der Waals surface area contributed by atoms with Gasteiger partial charge in [-0.3, -0.25) is 10.1 Å². The number of rotatable bonds is 4. The summed E-state index contributed by atoms with van der Waals surface area (Å²) in [6.07, 6.45) is 3.35. The van der Waals surface area contributed by atoms with Crippen molar-refractivity contribution in [2.45, 2.75) is 38.7 Å². The van der Waals surface area contributed by atoms with Crippen LogP contribution >= 0.6 is 0 Å². The second kappa shape index (κ2) is 6.21. The monoisotopic (exact) mass is 295 g/mol. The molecule has 1 atom stereocenters. The standard InChI is InChI=1S/C13H21N5O3/c1-3-14-11-10(18(20)21)12(16-9-15-11)17-7-4-5-13(2,19)6-8-17/h9,19H,3-8H2,1-2H3,(H,14,15,16). The molecule has 2 heterocycles. The normalized spacial score (nSPS) is 22.7. The zero-order valence-corrected chi connectivity index (χ0v) is 12.4. The highest BCUT2D eigenvalue weighted by molar-refractivity contribution is 5.70. The molecule has 8 nitrogen and oxygen atoms in total. The van der Waals surface area contributed by atoms with E-state index in [2.05, 4.69) is 15.3 Å². The molecule has 0 radical (unpaired) electrons. The Morgan fingerprint density at radius 3 is 2.90 bits per heavy atom. The number of anilines is 2. The van der Waals surface area contributed by atoms with Crippen molar-refractivity contribution in [1.29, 1.82) is 0 Å². The molecule has 0 saturated carbocycles. The molecule has 1 fully saturated rings. The highest BCUT2D eigenvalue weighted by Crippen LogP contribution is 2.34. The van der Waals surface area contributed by atoms with Crippen LogP contribution in [0, 0.1) is 10.1 Å². The lowest BCUT2D eigenvalue weighted by Gasteiger charge is -2.23. The summed E-state index contributed by atoms with van der Waals surface area (Å²) in [6, 6.07) is 0. The van der Waals surface area contributed by atoms with Gasteiger partial charge < -0.3 is 15.3 Å². The molecule has 0 spiro atoms. The number of nitrogens with one attached hydrogen (secondary N) is 1. The van der Waals surface area contributed by atoms with Gasteiger partial charge in [0.15, 0.2) is 0 Å². The highest BCUT2D eigenvalue weighted by Gasteiger charge is 2.31. The Bertz CT molecular complexity index is 521. The lowest BCUT2D eigenvalue weighted by molar-refractivity contribution is -0.383. The predicted octanol–water partition coefficient (Wildman–Crippen LogP) is 1.56. The van der Waals surface area contributed by atoms with E-state index in [4.69, 9.17) is 0 Å². The van der Waals surface area contributed by atoms with Crippen LogP contribution in [0.15, 0.2) is 6.33 Å². The number of aromatic nitrogens is 2. The van der Waals surface area contributed by atoms with Crippen LogP contribution in [0.3, 0.4) is 0 Å². The van der Waals surface area contributed by atoms with Crippen LogP contribution in [-0.4, -0.2) is 45.2 Å². The van der Waals surface area contributed by atoms with Gasteiger partial charge in [-0.05, 0) is 33.1 Å². The Balaban J connectivity index is 2.34. The molecule has 2 N–H and O–H groups in total. The fraction of sp³-hybridized carbons (Fsp3) is 0.692. The van der Waals surface area contributed by atoms with Gasteiger partial charge in [-0.25, -0.2) is 9.97 Å². The van der Waals surface area contributed by atoms with E-state index in [1.807, 2.05) is 11.8 Å². The molecule has 1 saturated heterocycles. The highest BCUT2D eigenvalue weighted by atomic mass is 16.6. The number of hydrogen-bond donors (Lipinski definition) is 2. The summed E-state index contributed by atoms with van der Waals surface area (Å²) >= 11 is 0. The quantitative estimate of drug-likeness (QED) is 0.641. The summed E-state index contributed by atoms with van der Waals surface area (Å²) in [5, 5.41) is 24.4. The maximum atomic E-state index is 11.4. The second-order valence-electron chi connectivity index (χ2n) is 5.52. The van der Waals surface area contributed by atoms with Crippen LogP contribution in [0.5, 0.6) is 0 Å². The maximum Gasteiger partial charge on any atom is 0.353 e. The van der Waals surface area contributed by atoms with Crippen LogP contribution < -0.4 is 10.2 Å². The largest absolute Gasteiger partial charge is 0.390 e. The van der Waals surface area contributed by atoms with E-state index in [0.717, 1.165) is 6.42 Å². The first-order valence-corrected chi connectivity index (χ1v) is 7.15. The zero-order chi connectivity index (χ0) is 15.5. The number of nitro groups is 1. The lowest BCUT2D eigenvalue weighted by atomic mass is 9.98. The minimum atomic E-state index is -0.721. The molecule has 21 heavy (non-hydrogen) atoms. The Morgan fingerprint density at radius 1 is 1.48 bits per heavy atom. The third kappa shape index (κ3) is 3.57. The Labute approximate surface area is 123 Å². The van der Waals surface area contributed by atoms with Crippen LogP contribution in [0.1, 0.15) is 33.1 Å². The molecule has 0 aromatic carbocycles. The summed E-state index contributed by atoms with van der Waals surface area (Å²) < 4.78 is 0. The van der Waals surface area contributed by atoms with Gasteiger partial charge in [0.25, 0.3) is 0 Å². The summed E-state index contributed by atoms with van der Waals surface area (Å²) in [5.41, 5.74) is -0.818. The van der Waals surface area contributed by atoms with Crippen molar-refractivity contribution in [1.82, 2.24) is 9.97 Å². The molecule has 1 aromatic rings. The molecular formula is C13H21N5O3. The zero-order valence-electron chi connectivity index (χ0n) is 12.4. The number of nitrogens with zero attached hydrogens (tertiary/aromatic N) is 4. The summed E-state index contributed by atoms with van der Waals surface area (Å²) in [5.74, 6) is 0.562. The molecule has 1 aromatic heterocycles. The van der Waals surface area contributed by atoms with E-state index in [-0.39, 0.29) is 11.5 Å². The lowest BCUT2D eigenvalue weighted by Crippen LogP contribution is -2.29. The molecule has 1 aliphatic rings. The van der Waals surface area contributed by atoms with Gasteiger partial charge in [0.2, 0.25) is 11.6 Å². The molecule has 0 amide bonds. The molecule has 2 rings (SSSR count). The van der Waals surface area contributed by atoms with Crippen LogP contribution in [-0.2, 0) is 0 Å². The van der Waals surface area contributed by atoms with Gasteiger partial charge in [-0.15, -0.1) is 0 Å². The van der Waals surface area contributed by atoms with E-state index in [9.17, 15) is 15.2 Å². The van der Waals surface area contributed by atoms with Crippen LogP contribution in [0.2, 0.25) is 0 Å². The summed E-state index contributed by atoms with van der Waals surface area (Å²) in [6.45, 7) is 5.38. The van der Waals surface area contributed by atoms with Gasteiger partial charge >= 0.3 is 5.69 Å². The first-order valence-electron chi connectivity index (χ1n) is 7.15. The smallest absolute Gasteiger partial charge is 0.353 e. The fourth-order valence-electron chi connectivity index (χ4n) is 2.54. The van der Waals surface area contributed by atoms with Gasteiger partial charge in [0, 0.05) is 19.6 Å². The Kier molecular flexibility index (Phi) is 4.56. The van der Waals surface area contributed by atoms with Crippen molar-refractivity contribution in [3.05, 3.63) is 16.4 Å². The minimum absolute atomic E-state index is 0.0964. The minimum Gasteiger partial charge on any atom is -0.390 e. The third-order valence-corrected chi connectivity index (χ3v) is 3.69. The SMILES string of the molecule is CCNc1ncnc(N2CCCC(C)(O)CC2)c1[N+](=O)[O-]. The van der Waals surface area contributed by atoms with Gasteiger partial charge in [-0.2, -0.15) is 0 Å². The second-order valence-corrected chi connectivity index (χ2v) is 5.52. The number of hydrogen-bond acceptors (Lipinski definition) is 7. The molecular weight excluding hydrogens is 274 g/mol. The van der Waals surface area contributed by atoms with Crippen molar-refractivity contribution in [2.75, 3.05) is 29.9 Å². The van der Waals surface area contributed by atoms with Crippen molar-refractivity contribution in [3.8, 4) is 0 Å². The van der Waals surface area contributed by atoms with E-state index in [1.165, 1.54) is 6.33 Å². The van der Waals surface area contributed by atoms with E-state index >= 15 is 0 Å². The molecule has 116 valence electrons. The van der Waals surface area contributed by atoms with Gasteiger partial charge in [0.05, 0.1) is 10.5 Å². The van der Waals surface area contributed by atoms with E-state index in [1.54, 1.807) is 6.92 Å². The van der Waals surface area contributed by atoms with Crippen molar-refractivity contribution in [2.24, 2.45) is 0 Å². The van der Waals surface area contributed by atoms with Crippen molar-refractivity contribution in [3.63, 3.8) is 0 Å².